The third-order valence-corrected chi connectivity index (χ3v) is 2.51. The molecule has 2 nitrogen and oxygen atoms in total. The predicted octanol–water partition coefficient (Wildman–Crippen LogP) is 2.86. The van der Waals surface area contributed by atoms with Gasteiger partial charge in [-0.2, -0.15) is 0 Å². The van der Waals surface area contributed by atoms with Gasteiger partial charge in [0.2, 0.25) is 0 Å². The van der Waals surface area contributed by atoms with Crippen LogP contribution in [0.5, 0.6) is 0 Å². The molecule has 0 radical (unpaired) electrons. The van der Waals surface area contributed by atoms with E-state index in [1.807, 2.05) is 0 Å². The maximum Gasteiger partial charge on any atom is 0.321 e. The van der Waals surface area contributed by atoms with Crippen LogP contribution in [0.25, 0.3) is 0 Å². The van der Waals surface area contributed by atoms with Gasteiger partial charge in [0, 0.05) is 5.02 Å². The third-order valence-electron chi connectivity index (χ3n) is 1.36. The number of hydrogen-bond acceptors (Lipinski definition) is 1. The van der Waals surface area contributed by atoms with Crippen molar-refractivity contribution in [3.8, 4) is 0 Å². The molecule has 0 heterocycles. The molecule has 0 saturated carbocycles. The Labute approximate surface area is 83.3 Å². The lowest BCUT2D eigenvalue weighted by molar-refractivity contribution is -0.136. The molecule has 64 valence electrons. The Bertz CT molecular complexity index is 301. The molecule has 0 spiro atoms. The summed E-state index contributed by atoms with van der Waals surface area (Å²) in [5.41, 5.74) is 0.648. The zero-order valence-corrected chi connectivity index (χ0v) is 8.34. The summed E-state index contributed by atoms with van der Waals surface area (Å²) in [6.45, 7) is 0. The summed E-state index contributed by atoms with van der Waals surface area (Å²) in [4.78, 5) is 9.84. The number of aliphatic carboxylic acids is 1. The van der Waals surface area contributed by atoms with Crippen molar-refractivity contribution in [2.75, 3.05) is 0 Å². The second-order valence-corrected chi connectivity index (χ2v) is 3.61. The quantitative estimate of drug-likeness (QED) is 0.818. The number of hydrogen-bond donors (Lipinski definition) is 1. The highest BCUT2D eigenvalue weighted by atomic mass is 79.9. The summed E-state index contributed by atoms with van der Waals surface area (Å²) in [6.07, 6.45) is 0. The van der Waals surface area contributed by atoms with Crippen molar-refractivity contribution in [3.63, 3.8) is 0 Å². The number of halogens is 2. The Morgan fingerprint density at radius 1 is 1.58 bits per heavy atom. The number of carboxylic acids is 1. The molecule has 0 aliphatic heterocycles. The maximum atomic E-state index is 10.5. The fourth-order valence-electron chi connectivity index (χ4n) is 0.807. The molecule has 0 saturated heterocycles. The van der Waals surface area contributed by atoms with Crippen molar-refractivity contribution in [3.05, 3.63) is 34.9 Å². The molecule has 4 heteroatoms. The van der Waals surface area contributed by atoms with E-state index in [0.29, 0.717) is 10.6 Å². The first-order valence-electron chi connectivity index (χ1n) is 3.23. The zero-order chi connectivity index (χ0) is 9.14. The highest BCUT2D eigenvalue weighted by Gasteiger charge is 2.15. The maximum absolute atomic E-state index is 10.5. The van der Waals surface area contributed by atoms with Crippen LogP contribution in [0.1, 0.15) is 10.4 Å². The second kappa shape index (κ2) is 3.92. The predicted molar refractivity (Wildman–Crippen MR) is 50.8 cm³/mol. The van der Waals surface area contributed by atoms with E-state index in [1.54, 1.807) is 24.3 Å². The third kappa shape index (κ3) is 2.22. The standard InChI is InChI=1S/C8H6BrClO2/c9-7(8(11)12)5-2-1-3-6(10)4-5/h1-4,7H,(H,11,12)/t7-/m0/s1. The van der Waals surface area contributed by atoms with Crippen LogP contribution in [-0.2, 0) is 4.79 Å². The van der Waals surface area contributed by atoms with Crippen molar-refractivity contribution >= 4 is 33.5 Å². The Balaban J connectivity index is 2.95. The van der Waals surface area contributed by atoms with Crippen LogP contribution in [0, 0.1) is 0 Å². The summed E-state index contributed by atoms with van der Waals surface area (Å²) in [6, 6.07) is 6.75. The lowest BCUT2D eigenvalue weighted by Gasteiger charge is -2.03. The van der Waals surface area contributed by atoms with Crippen molar-refractivity contribution in [1.82, 2.24) is 0 Å². The molecule has 0 aliphatic carbocycles. The van der Waals surface area contributed by atoms with Crippen LogP contribution in [0.4, 0.5) is 0 Å². The highest BCUT2D eigenvalue weighted by Crippen LogP contribution is 2.24. The first-order valence-corrected chi connectivity index (χ1v) is 4.53. The van der Waals surface area contributed by atoms with Crippen LogP contribution in [0.2, 0.25) is 5.02 Å². The number of alkyl halides is 1. The summed E-state index contributed by atoms with van der Waals surface area (Å²) < 4.78 is 0. The van der Waals surface area contributed by atoms with Gasteiger partial charge in [-0.25, -0.2) is 0 Å². The Kier molecular flexibility index (Phi) is 3.12. The molecule has 0 amide bonds. The number of rotatable bonds is 2. The van der Waals surface area contributed by atoms with Crippen LogP contribution >= 0.6 is 27.5 Å². The van der Waals surface area contributed by atoms with Gasteiger partial charge in [-0.15, -0.1) is 0 Å². The Hall–Kier alpha value is -0.540. The van der Waals surface area contributed by atoms with Gasteiger partial charge in [0.1, 0.15) is 4.83 Å². The van der Waals surface area contributed by atoms with E-state index < -0.39 is 10.8 Å². The fourth-order valence-corrected chi connectivity index (χ4v) is 1.29. The number of benzene rings is 1. The molecular weight excluding hydrogens is 243 g/mol. The van der Waals surface area contributed by atoms with E-state index in [9.17, 15) is 4.79 Å². The van der Waals surface area contributed by atoms with Crippen molar-refractivity contribution in [2.45, 2.75) is 4.83 Å². The van der Waals surface area contributed by atoms with Gasteiger partial charge in [0.25, 0.3) is 0 Å². The zero-order valence-electron chi connectivity index (χ0n) is 6.00. The minimum atomic E-state index is -0.919. The molecule has 0 unspecified atom stereocenters. The second-order valence-electron chi connectivity index (χ2n) is 2.26. The summed E-state index contributed by atoms with van der Waals surface area (Å²) >= 11 is 8.71. The Morgan fingerprint density at radius 3 is 2.75 bits per heavy atom. The van der Waals surface area contributed by atoms with Crippen molar-refractivity contribution in [2.24, 2.45) is 0 Å². The topological polar surface area (TPSA) is 37.3 Å². The monoisotopic (exact) mass is 248 g/mol. The van der Waals surface area contributed by atoms with E-state index in [2.05, 4.69) is 15.9 Å². The molecule has 0 aliphatic rings. The minimum Gasteiger partial charge on any atom is -0.480 e. The van der Waals surface area contributed by atoms with E-state index in [0.717, 1.165) is 0 Å². The highest BCUT2D eigenvalue weighted by molar-refractivity contribution is 9.09. The van der Waals surface area contributed by atoms with Crippen LogP contribution in [-0.4, -0.2) is 11.1 Å². The van der Waals surface area contributed by atoms with E-state index in [4.69, 9.17) is 16.7 Å². The molecule has 1 rings (SSSR count). The first-order chi connectivity index (χ1) is 5.61. The van der Waals surface area contributed by atoms with Gasteiger partial charge in [-0.05, 0) is 17.7 Å². The smallest absolute Gasteiger partial charge is 0.321 e. The summed E-state index contributed by atoms with van der Waals surface area (Å²) in [7, 11) is 0. The van der Waals surface area contributed by atoms with Gasteiger partial charge in [0.05, 0.1) is 0 Å². The fraction of sp³-hybridized carbons (Fsp3) is 0.125. The summed E-state index contributed by atoms with van der Waals surface area (Å²) in [5, 5.41) is 9.18. The van der Waals surface area contributed by atoms with Crippen molar-refractivity contribution < 1.29 is 9.90 Å². The molecule has 1 atom stereocenters. The molecule has 0 fully saturated rings. The average Bonchev–Trinajstić information content (AvgIpc) is 2.03. The average molecular weight is 249 g/mol. The van der Waals surface area contributed by atoms with Crippen LogP contribution < -0.4 is 0 Å². The van der Waals surface area contributed by atoms with E-state index in [1.165, 1.54) is 0 Å². The SMILES string of the molecule is O=C(O)[C@@H](Br)c1cccc(Cl)c1. The first kappa shape index (κ1) is 9.55. The molecular formula is C8H6BrClO2. The minimum absolute atomic E-state index is 0.540. The Morgan fingerprint density at radius 2 is 2.25 bits per heavy atom. The van der Waals surface area contributed by atoms with Gasteiger partial charge in [-0.1, -0.05) is 39.7 Å². The van der Waals surface area contributed by atoms with Crippen LogP contribution in [0.15, 0.2) is 24.3 Å². The van der Waals surface area contributed by atoms with E-state index >= 15 is 0 Å². The largest absolute Gasteiger partial charge is 0.480 e. The molecule has 1 aromatic rings. The molecule has 0 aromatic heterocycles. The normalized spacial score (nSPS) is 12.5. The lowest BCUT2D eigenvalue weighted by Crippen LogP contribution is -2.03. The van der Waals surface area contributed by atoms with Gasteiger partial charge in [0.15, 0.2) is 0 Å². The summed E-state index contributed by atoms with van der Waals surface area (Å²) in [5.74, 6) is -0.919. The van der Waals surface area contributed by atoms with Crippen LogP contribution in [0.3, 0.4) is 0 Å². The van der Waals surface area contributed by atoms with E-state index in [-0.39, 0.29) is 0 Å². The van der Waals surface area contributed by atoms with Gasteiger partial charge >= 0.3 is 5.97 Å². The molecule has 1 aromatic carbocycles. The lowest BCUT2D eigenvalue weighted by atomic mass is 10.1. The van der Waals surface area contributed by atoms with Crippen molar-refractivity contribution in [1.29, 1.82) is 0 Å². The molecule has 0 bridgehead atoms. The number of carbonyl (C=O) groups is 1. The number of carboxylic acid groups (broad SMARTS) is 1. The molecule has 12 heavy (non-hydrogen) atoms. The van der Waals surface area contributed by atoms with Gasteiger partial charge in [-0.3, -0.25) is 4.79 Å². The molecule has 1 N–H and O–H groups in total. The van der Waals surface area contributed by atoms with Gasteiger partial charge < -0.3 is 5.11 Å².